The van der Waals surface area contributed by atoms with Gasteiger partial charge in [-0.15, -0.1) is 5.10 Å². The average molecular weight is 466 g/mol. The van der Waals surface area contributed by atoms with E-state index >= 15 is 0 Å². The van der Waals surface area contributed by atoms with Gasteiger partial charge in [0.05, 0.1) is 12.0 Å². The number of rotatable bonds is 8. The van der Waals surface area contributed by atoms with Gasteiger partial charge in [0.1, 0.15) is 23.1 Å². The molecular formula is C23H23N5O4S. The number of hydrogen-bond donors (Lipinski definition) is 1. The number of carbonyl (C=O) groups is 1. The summed E-state index contributed by atoms with van der Waals surface area (Å²) in [5, 5.41) is 14.1. The number of benzene rings is 1. The van der Waals surface area contributed by atoms with Crippen molar-refractivity contribution < 1.29 is 13.6 Å². The average Bonchev–Trinajstić information content (AvgIpc) is 3.61. The van der Waals surface area contributed by atoms with Gasteiger partial charge in [-0.05, 0) is 30.7 Å². The first-order valence-electron chi connectivity index (χ1n) is 10.8. The number of aromatic amines is 1. The number of amides is 1. The number of furan rings is 2. The molecule has 1 unspecified atom stereocenters. The van der Waals surface area contributed by atoms with E-state index in [0.29, 0.717) is 35.4 Å². The number of unbranched alkanes of at least 4 members (excludes halogenated alkanes) is 1. The molecular weight excluding hydrogens is 442 g/mol. The van der Waals surface area contributed by atoms with Crippen LogP contribution in [0.1, 0.15) is 43.7 Å². The van der Waals surface area contributed by atoms with Gasteiger partial charge in [-0.3, -0.25) is 9.36 Å². The van der Waals surface area contributed by atoms with E-state index in [1.54, 1.807) is 16.9 Å². The van der Waals surface area contributed by atoms with Crippen LogP contribution in [0.15, 0.2) is 72.6 Å². The van der Waals surface area contributed by atoms with Crippen molar-refractivity contribution in [3.05, 3.63) is 70.7 Å². The molecule has 9 nitrogen and oxygen atoms in total. The summed E-state index contributed by atoms with van der Waals surface area (Å²) < 4.78 is 13.1. The maximum absolute atomic E-state index is 13.2. The predicted octanol–water partition coefficient (Wildman–Crippen LogP) is 4.18. The van der Waals surface area contributed by atoms with Crippen molar-refractivity contribution in [2.45, 2.75) is 43.9 Å². The van der Waals surface area contributed by atoms with Crippen LogP contribution < -0.4 is 5.69 Å². The molecule has 1 N–H and O–H groups in total. The Morgan fingerprint density at radius 3 is 2.94 bits per heavy atom. The van der Waals surface area contributed by atoms with Crippen LogP contribution in [0.3, 0.4) is 0 Å². The van der Waals surface area contributed by atoms with Crippen molar-refractivity contribution in [3.63, 3.8) is 0 Å². The molecule has 3 aromatic heterocycles. The summed E-state index contributed by atoms with van der Waals surface area (Å²) in [7, 11) is 0. The highest BCUT2D eigenvalue weighted by Crippen LogP contribution is 2.35. The molecule has 10 heteroatoms. The zero-order valence-corrected chi connectivity index (χ0v) is 18.9. The van der Waals surface area contributed by atoms with Crippen LogP contribution in [0.4, 0.5) is 0 Å². The molecule has 0 radical (unpaired) electrons. The Hall–Kier alpha value is -3.53. The first kappa shape index (κ1) is 21.3. The fraction of sp³-hybridized carbons (Fsp3) is 0.304. The van der Waals surface area contributed by atoms with E-state index in [0.717, 1.165) is 23.8 Å². The molecule has 33 heavy (non-hydrogen) atoms. The van der Waals surface area contributed by atoms with Gasteiger partial charge in [-0.2, -0.15) is 5.10 Å². The maximum atomic E-state index is 13.2. The van der Waals surface area contributed by atoms with Gasteiger partial charge in [0.15, 0.2) is 10.9 Å². The fourth-order valence-corrected chi connectivity index (χ4v) is 4.66. The van der Waals surface area contributed by atoms with Crippen molar-refractivity contribution >= 4 is 34.3 Å². The molecule has 1 aliphatic heterocycles. The summed E-state index contributed by atoms with van der Waals surface area (Å²) in [5.41, 5.74) is 1.19. The molecule has 0 spiro atoms. The Labute approximate surface area is 193 Å². The number of para-hydroxylation sites is 1. The van der Waals surface area contributed by atoms with Gasteiger partial charge in [0.2, 0.25) is 0 Å². The Morgan fingerprint density at radius 1 is 1.27 bits per heavy atom. The lowest BCUT2D eigenvalue weighted by Gasteiger charge is -2.19. The molecule has 1 aromatic carbocycles. The Kier molecular flexibility index (Phi) is 5.91. The molecule has 0 saturated heterocycles. The number of carbonyl (C=O) groups excluding carboxylic acids is 1. The van der Waals surface area contributed by atoms with E-state index in [-0.39, 0.29) is 23.4 Å². The highest BCUT2D eigenvalue weighted by Gasteiger charge is 2.36. The van der Waals surface area contributed by atoms with E-state index in [9.17, 15) is 9.59 Å². The number of hydrogen-bond acceptors (Lipinski definition) is 7. The van der Waals surface area contributed by atoms with Crippen molar-refractivity contribution in [2.75, 3.05) is 5.75 Å². The first-order valence-corrected chi connectivity index (χ1v) is 11.8. The second-order valence-corrected chi connectivity index (χ2v) is 8.72. The van der Waals surface area contributed by atoms with Crippen LogP contribution in [0.5, 0.6) is 0 Å². The predicted molar refractivity (Wildman–Crippen MR) is 124 cm³/mol. The molecule has 4 heterocycles. The molecule has 1 atom stereocenters. The van der Waals surface area contributed by atoms with Crippen LogP contribution >= 0.6 is 11.8 Å². The number of nitrogens with one attached hydrogen (secondary N) is 1. The van der Waals surface area contributed by atoms with E-state index in [1.807, 2.05) is 36.4 Å². The van der Waals surface area contributed by atoms with Crippen molar-refractivity contribution in [2.24, 2.45) is 5.10 Å². The van der Waals surface area contributed by atoms with Gasteiger partial charge < -0.3 is 8.83 Å². The van der Waals surface area contributed by atoms with Gasteiger partial charge in [-0.25, -0.2) is 14.9 Å². The minimum absolute atomic E-state index is 0.0878. The van der Waals surface area contributed by atoms with Gasteiger partial charge in [0, 0.05) is 18.4 Å². The molecule has 0 fully saturated rings. The second kappa shape index (κ2) is 9.14. The van der Waals surface area contributed by atoms with Crippen molar-refractivity contribution in [1.82, 2.24) is 19.8 Å². The highest BCUT2D eigenvalue weighted by atomic mass is 32.2. The normalized spacial score (nSPS) is 16.0. The molecule has 1 aliphatic rings. The quantitative estimate of drug-likeness (QED) is 0.391. The van der Waals surface area contributed by atoms with E-state index < -0.39 is 0 Å². The molecule has 0 saturated carbocycles. The molecule has 1 amide bonds. The lowest BCUT2D eigenvalue weighted by atomic mass is 10.1. The topological polar surface area (TPSA) is 110 Å². The monoisotopic (exact) mass is 465 g/mol. The van der Waals surface area contributed by atoms with Crippen LogP contribution in [0.25, 0.3) is 11.0 Å². The van der Waals surface area contributed by atoms with Gasteiger partial charge >= 0.3 is 5.69 Å². The smallest absolute Gasteiger partial charge is 0.343 e. The zero-order chi connectivity index (χ0) is 22.8. The van der Waals surface area contributed by atoms with Gasteiger partial charge in [-0.1, -0.05) is 43.3 Å². The third-order valence-electron chi connectivity index (χ3n) is 5.53. The standard InChI is InChI=1S/C23H23N5O4S/c1-2-3-10-27-22(30)24-25-23(27)33-14-21(29)28-17(19-9-6-11-31-19)13-16(26-28)20-12-15-7-4-5-8-18(15)32-20/h4-9,11-12,17H,2-3,10,13-14H2,1H3,(H,24,30). The van der Waals surface area contributed by atoms with E-state index in [4.69, 9.17) is 8.83 Å². The van der Waals surface area contributed by atoms with E-state index in [2.05, 4.69) is 22.2 Å². The number of thioether (sulfide) groups is 1. The molecule has 0 aliphatic carbocycles. The number of hydrazone groups is 1. The summed E-state index contributed by atoms with van der Waals surface area (Å²) in [6.45, 7) is 2.62. The Bertz CT molecular complexity index is 1320. The third kappa shape index (κ3) is 4.25. The molecule has 0 bridgehead atoms. The molecule has 5 rings (SSSR count). The number of nitrogens with zero attached hydrogens (tertiary/aromatic N) is 4. The third-order valence-corrected chi connectivity index (χ3v) is 6.49. The summed E-state index contributed by atoms with van der Waals surface area (Å²) in [4.78, 5) is 25.2. The second-order valence-electron chi connectivity index (χ2n) is 7.77. The minimum Gasteiger partial charge on any atom is -0.467 e. The van der Waals surface area contributed by atoms with E-state index in [1.165, 1.54) is 16.8 Å². The Balaban J connectivity index is 1.38. The fourth-order valence-electron chi connectivity index (χ4n) is 3.83. The van der Waals surface area contributed by atoms with Crippen LogP contribution in [0, 0.1) is 0 Å². The molecule has 170 valence electrons. The summed E-state index contributed by atoms with van der Waals surface area (Å²) in [5.74, 6) is 1.18. The Morgan fingerprint density at radius 2 is 2.15 bits per heavy atom. The lowest BCUT2D eigenvalue weighted by molar-refractivity contribution is -0.130. The van der Waals surface area contributed by atoms with Crippen LogP contribution in [0.2, 0.25) is 0 Å². The summed E-state index contributed by atoms with van der Waals surface area (Å²) in [6.07, 6.45) is 3.88. The maximum Gasteiger partial charge on any atom is 0.343 e. The van der Waals surface area contributed by atoms with Crippen molar-refractivity contribution in [1.29, 1.82) is 0 Å². The number of aromatic nitrogens is 3. The highest BCUT2D eigenvalue weighted by molar-refractivity contribution is 7.99. The van der Waals surface area contributed by atoms with Crippen LogP contribution in [-0.2, 0) is 11.3 Å². The summed E-state index contributed by atoms with van der Waals surface area (Å²) in [6, 6.07) is 13.0. The number of fused-ring (bicyclic) bond motifs is 1. The SMILES string of the molecule is CCCCn1c(SCC(=O)N2N=C(c3cc4ccccc4o3)CC2c2ccco2)n[nH]c1=O. The summed E-state index contributed by atoms with van der Waals surface area (Å²) >= 11 is 1.22. The zero-order valence-electron chi connectivity index (χ0n) is 18.1. The lowest BCUT2D eigenvalue weighted by Crippen LogP contribution is -2.28. The molecule has 4 aromatic rings. The number of H-pyrrole nitrogens is 1. The largest absolute Gasteiger partial charge is 0.467 e. The van der Waals surface area contributed by atoms with Crippen LogP contribution in [-0.4, -0.2) is 37.1 Å². The van der Waals surface area contributed by atoms with Crippen molar-refractivity contribution in [3.8, 4) is 0 Å². The first-order chi connectivity index (χ1) is 16.1. The van der Waals surface area contributed by atoms with Gasteiger partial charge in [0.25, 0.3) is 5.91 Å². The minimum atomic E-state index is -0.363.